The van der Waals surface area contributed by atoms with Gasteiger partial charge >= 0.3 is 6.03 Å². The molecular formula is C15H17N3O3. The third kappa shape index (κ3) is 5.12. The summed E-state index contributed by atoms with van der Waals surface area (Å²) < 4.78 is 4.96. The molecule has 0 unspecified atom stereocenters. The van der Waals surface area contributed by atoms with Gasteiger partial charge in [-0.05, 0) is 11.1 Å². The number of hydrogen-bond acceptors (Lipinski definition) is 4. The molecule has 0 saturated heterocycles. The second-order valence-electron chi connectivity index (χ2n) is 4.27. The Labute approximate surface area is 123 Å². The van der Waals surface area contributed by atoms with Gasteiger partial charge in [-0.15, -0.1) is 0 Å². The van der Waals surface area contributed by atoms with Crippen molar-refractivity contribution in [1.82, 2.24) is 15.8 Å². The zero-order chi connectivity index (χ0) is 14.9. The van der Waals surface area contributed by atoms with E-state index in [0.717, 1.165) is 11.1 Å². The Balaban J connectivity index is 1.67. The molecule has 110 valence electrons. The zero-order valence-corrected chi connectivity index (χ0v) is 11.7. The highest BCUT2D eigenvalue weighted by Gasteiger charge is 2.01. The quantitative estimate of drug-likeness (QED) is 0.797. The van der Waals surface area contributed by atoms with Crippen LogP contribution in [0.15, 0.2) is 48.7 Å². The van der Waals surface area contributed by atoms with Gasteiger partial charge < -0.3 is 10.1 Å². The number of benzene rings is 1. The lowest BCUT2D eigenvalue weighted by atomic mass is 10.2. The minimum Gasteiger partial charge on any atom is -0.481 e. The van der Waals surface area contributed by atoms with Gasteiger partial charge in [0, 0.05) is 18.8 Å². The molecule has 0 saturated carbocycles. The van der Waals surface area contributed by atoms with E-state index in [2.05, 4.69) is 15.8 Å². The molecule has 1 aromatic carbocycles. The molecule has 2 aromatic rings. The van der Waals surface area contributed by atoms with E-state index in [1.165, 1.54) is 0 Å². The van der Waals surface area contributed by atoms with Gasteiger partial charge in [0.15, 0.2) is 0 Å². The van der Waals surface area contributed by atoms with Gasteiger partial charge in [-0.3, -0.25) is 4.84 Å². The minimum atomic E-state index is -0.401. The van der Waals surface area contributed by atoms with Crippen LogP contribution < -0.4 is 15.5 Å². The third-order valence-electron chi connectivity index (χ3n) is 2.71. The molecule has 0 aliphatic heterocycles. The predicted octanol–water partition coefficient (Wildman–Crippen LogP) is 2.02. The van der Waals surface area contributed by atoms with Crippen molar-refractivity contribution in [3.63, 3.8) is 0 Å². The number of hydrogen-bond donors (Lipinski definition) is 2. The highest BCUT2D eigenvalue weighted by Crippen LogP contribution is 2.06. The fourth-order valence-electron chi connectivity index (χ4n) is 1.61. The number of amides is 2. The summed E-state index contributed by atoms with van der Waals surface area (Å²) in [5.41, 5.74) is 4.18. The molecule has 0 spiro atoms. The van der Waals surface area contributed by atoms with Crippen molar-refractivity contribution >= 4 is 6.03 Å². The van der Waals surface area contributed by atoms with Crippen molar-refractivity contribution in [1.29, 1.82) is 0 Å². The van der Waals surface area contributed by atoms with Gasteiger partial charge in [-0.25, -0.2) is 15.3 Å². The van der Waals surface area contributed by atoms with Crippen LogP contribution in [-0.2, 0) is 18.0 Å². The first-order valence-corrected chi connectivity index (χ1v) is 6.46. The maximum Gasteiger partial charge on any atom is 0.338 e. The fraction of sp³-hybridized carbons (Fsp3) is 0.200. The molecule has 2 rings (SSSR count). The number of rotatable bonds is 6. The van der Waals surface area contributed by atoms with E-state index in [1.807, 2.05) is 36.4 Å². The predicted molar refractivity (Wildman–Crippen MR) is 77.4 cm³/mol. The van der Waals surface area contributed by atoms with Crippen LogP contribution in [0.5, 0.6) is 5.88 Å². The number of nitrogens with one attached hydrogen (secondary N) is 2. The first-order valence-electron chi connectivity index (χ1n) is 6.46. The normalized spacial score (nSPS) is 9.95. The van der Waals surface area contributed by atoms with Gasteiger partial charge in [0.2, 0.25) is 5.88 Å². The minimum absolute atomic E-state index is 0.318. The number of pyridine rings is 1. The Morgan fingerprint density at radius 2 is 1.95 bits per heavy atom. The average Bonchev–Trinajstić information content (AvgIpc) is 2.54. The van der Waals surface area contributed by atoms with Crippen molar-refractivity contribution in [2.75, 3.05) is 7.11 Å². The second kappa shape index (κ2) is 7.86. The standard InChI is InChI=1S/C15H17N3O3/c1-20-14-8-7-13(9-16-14)10-17-15(19)18-21-11-12-5-3-2-4-6-12/h2-9H,10-11H2,1H3,(H2,17,18,19). The average molecular weight is 287 g/mol. The maximum atomic E-state index is 11.5. The first kappa shape index (κ1) is 14.8. The highest BCUT2D eigenvalue weighted by molar-refractivity contribution is 5.72. The lowest BCUT2D eigenvalue weighted by Gasteiger charge is -2.08. The number of carbonyl (C=O) groups is 1. The van der Waals surface area contributed by atoms with Gasteiger partial charge in [0.25, 0.3) is 0 Å². The lowest BCUT2D eigenvalue weighted by molar-refractivity contribution is 0.0490. The smallest absolute Gasteiger partial charge is 0.338 e. The zero-order valence-electron chi connectivity index (χ0n) is 11.7. The molecule has 6 nitrogen and oxygen atoms in total. The Morgan fingerprint density at radius 3 is 2.62 bits per heavy atom. The SMILES string of the molecule is COc1ccc(CNC(=O)NOCc2ccccc2)cn1. The summed E-state index contributed by atoms with van der Waals surface area (Å²) >= 11 is 0. The van der Waals surface area contributed by atoms with E-state index < -0.39 is 6.03 Å². The van der Waals surface area contributed by atoms with Gasteiger partial charge in [0.1, 0.15) is 0 Å². The van der Waals surface area contributed by atoms with Crippen molar-refractivity contribution in [3.05, 3.63) is 59.8 Å². The summed E-state index contributed by atoms with van der Waals surface area (Å²) in [7, 11) is 1.55. The number of carbonyl (C=O) groups excluding carboxylic acids is 1. The Kier molecular flexibility index (Phi) is 5.54. The van der Waals surface area contributed by atoms with Crippen LogP contribution in [0.4, 0.5) is 4.79 Å². The van der Waals surface area contributed by atoms with E-state index in [9.17, 15) is 4.79 Å². The number of methoxy groups -OCH3 is 1. The number of nitrogens with zero attached hydrogens (tertiary/aromatic N) is 1. The molecule has 0 radical (unpaired) electrons. The molecule has 1 aromatic heterocycles. The van der Waals surface area contributed by atoms with E-state index in [-0.39, 0.29) is 0 Å². The summed E-state index contributed by atoms with van der Waals surface area (Å²) in [5, 5.41) is 2.67. The van der Waals surface area contributed by atoms with Crippen LogP contribution in [0, 0.1) is 0 Å². The number of aromatic nitrogens is 1. The fourth-order valence-corrected chi connectivity index (χ4v) is 1.61. The number of hydroxylamine groups is 1. The molecule has 0 aliphatic rings. The Bertz CT molecular complexity index is 558. The molecule has 1 heterocycles. The van der Waals surface area contributed by atoms with Crippen LogP contribution in [-0.4, -0.2) is 18.1 Å². The first-order chi connectivity index (χ1) is 10.3. The largest absolute Gasteiger partial charge is 0.481 e. The molecule has 6 heteroatoms. The molecular weight excluding hydrogens is 270 g/mol. The van der Waals surface area contributed by atoms with E-state index in [0.29, 0.717) is 19.0 Å². The van der Waals surface area contributed by atoms with Crippen LogP contribution in [0.2, 0.25) is 0 Å². The summed E-state index contributed by atoms with van der Waals surface area (Å²) in [4.78, 5) is 20.7. The molecule has 2 N–H and O–H groups in total. The van der Waals surface area contributed by atoms with E-state index in [1.54, 1.807) is 19.4 Å². The van der Waals surface area contributed by atoms with Gasteiger partial charge in [0.05, 0.1) is 13.7 Å². The summed E-state index contributed by atoms with van der Waals surface area (Å²) in [5.74, 6) is 0.536. The van der Waals surface area contributed by atoms with E-state index in [4.69, 9.17) is 9.57 Å². The monoisotopic (exact) mass is 287 g/mol. The van der Waals surface area contributed by atoms with E-state index >= 15 is 0 Å². The van der Waals surface area contributed by atoms with Crippen molar-refractivity contribution in [3.8, 4) is 5.88 Å². The summed E-state index contributed by atoms with van der Waals surface area (Å²) in [6.45, 7) is 0.676. The molecule has 21 heavy (non-hydrogen) atoms. The van der Waals surface area contributed by atoms with Crippen LogP contribution in [0.3, 0.4) is 0 Å². The lowest BCUT2D eigenvalue weighted by Crippen LogP contribution is -2.34. The van der Waals surface area contributed by atoms with Crippen LogP contribution in [0.1, 0.15) is 11.1 Å². The Morgan fingerprint density at radius 1 is 1.14 bits per heavy atom. The highest BCUT2D eigenvalue weighted by atomic mass is 16.7. The van der Waals surface area contributed by atoms with Crippen LogP contribution in [0.25, 0.3) is 0 Å². The Hall–Kier alpha value is -2.60. The van der Waals surface area contributed by atoms with Gasteiger partial charge in [-0.2, -0.15) is 0 Å². The second-order valence-corrected chi connectivity index (χ2v) is 4.27. The molecule has 0 fully saturated rings. The van der Waals surface area contributed by atoms with Crippen molar-refractivity contribution in [2.45, 2.75) is 13.2 Å². The van der Waals surface area contributed by atoms with Crippen molar-refractivity contribution in [2.24, 2.45) is 0 Å². The summed E-state index contributed by atoms with van der Waals surface area (Å²) in [6.07, 6.45) is 1.64. The maximum absolute atomic E-state index is 11.5. The van der Waals surface area contributed by atoms with Crippen LogP contribution >= 0.6 is 0 Å². The number of ether oxygens (including phenoxy) is 1. The van der Waals surface area contributed by atoms with Crippen molar-refractivity contribution < 1.29 is 14.4 Å². The molecule has 0 atom stereocenters. The third-order valence-corrected chi connectivity index (χ3v) is 2.71. The summed E-state index contributed by atoms with van der Waals surface area (Å²) in [6, 6.07) is 12.8. The topological polar surface area (TPSA) is 72.5 Å². The molecule has 0 aliphatic carbocycles. The molecule has 0 bridgehead atoms. The number of urea groups is 1. The molecule has 2 amide bonds. The van der Waals surface area contributed by atoms with Gasteiger partial charge in [-0.1, -0.05) is 36.4 Å².